The Labute approximate surface area is 81.9 Å². The van der Waals surface area contributed by atoms with Crippen LogP contribution in [0, 0.1) is 0 Å². The zero-order valence-electron chi connectivity index (χ0n) is 9.42. The predicted octanol–water partition coefficient (Wildman–Crippen LogP) is 2.78. The van der Waals surface area contributed by atoms with E-state index in [-0.39, 0.29) is 0 Å². The fraction of sp³-hybridized carbons (Fsp3) is 0.636. The summed E-state index contributed by atoms with van der Waals surface area (Å²) in [6.07, 6.45) is 5.31. The first-order valence-electron chi connectivity index (χ1n) is 4.69. The van der Waals surface area contributed by atoms with Crippen molar-refractivity contribution in [3.8, 4) is 0 Å². The third-order valence-corrected chi connectivity index (χ3v) is 2.05. The Morgan fingerprint density at radius 2 is 2.08 bits per heavy atom. The van der Waals surface area contributed by atoms with Crippen molar-refractivity contribution in [1.29, 1.82) is 0 Å². The van der Waals surface area contributed by atoms with Crippen LogP contribution in [0.4, 0.5) is 0 Å². The van der Waals surface area contributed by atoms with E-state index in [1.807, 2.05) is 14.0 Å². The number of allylic oxidation sites excluding steroid dienone is 2. The number of ether oxygens (including phenoxy) is 1. The highest BCUT2D eigenvalue weighted by atomic mass is 16.5. The molecule has 0 bridgehead atoms. The highest BCUT2D eigenvalue weighted by molar-refractivity contribution is 5.07. The van der Waals surface area contributed by atoms with Gasteiger partial charge in [0.2, 0.25) is 0 Å². The van der Waals surface area contributed by atoms with Crippen LogP contribution >= 0.6 is 0 Å². The molecule has 0 saturated heterocycles. The van der Waals surface area contributed by atoms with Gasteiger partial charge in [-0.15, -0.1) is 0 Å². The molecule has 0 rings (SSSR count). The van der Waals surface area contributed by atoms with Crippen LogP contribution in [0.1, 0.15) is 27.2 Å². The minimum absolute atomic E-state index is 0.667. The van der Waals surface area contributed by atoms with Gasteiger partial charge in [0, 0.05) is 26.1 Å². The number of likely N-dealkylation sites (N-methyl/N-ethyl adjacent to an activating group) is 1. The van der Waals surface area contributed by atoms with E-state index in [1.54, 1.807) is 7.11 Å². The molecule has 76 valence electrons. The van der Waals surface area contributed by atoms with E-state index < -0.39 is 0 Å². The molecule has 0 saturated carbocycles. The summed E-state index contributed by atoms with van der Waals surface area (Å²) in [5.74, 6) is 0. The quantitative estimate of drug-likeness (QED) is 0.650. The minimum Gasteiger partial charge on any atom is -0.378 e. The van der Waals surface area contributed by atoms with Gasteiger partial charge in [0.15, 0.2) is 0 Å². The Morgan fingerprint density at radius 1 is 1.46 bits per heavy atom. The van der Waals surface area contributed by atoms with E-state index in [0.717, 1.165) is 6.42 Å². The van der Waals surface area contributed by atoms with Crippen LogP contribution in [0.25, 0.3) is 0 Å². The van der Waals surface area contributed by atoms with Gasteiger partial charge in [0.05, 0.1) is 6.61 Å². The smallest absolute Gasteiger partial charge is 0.0860 e. The molecule has 0 atom stereocenters. The van der Waals surface area contributed by atoms with Crippen molar-refractivity contribution in [3.05, 3.63) is 23.5 Å². The Balaban J connectivity index is 4.30. The van der Waals surface area contributed by atoms with Crippen molar-refractivity contribution < 1.29 is 4.74 Å². The SMILES string of the molecule is C/C=C(/COC)N(C)/C=C(/C)CC. The zero-order valence-corrected chi connectivity index (χ0v) is 9.42. The van der Waals surface area contributed by atoms with Crippen LogP contribution in [0.2, 0.25) is 0 Å². The van der Waals surface area contributed by atoms with E-state index in [0.29, 0.717) is 6.61 Å². The molecule has 0 aromatic carbocycles. The Hall–Kier alpha value is -0.760. The molecule has 13 heavy (non-hydrogen) atoms. The summed E-state index contributed by atoms with van der Waals surface area (Å²) in [6, 6.07) is 0. The van der Waals surface area contributed by atoms with Crippen LogP contribution in [0.3, 0.4) is 0 Å². The van der Waals surface area contributed by atoms with E-state index in [1.165, 1.54) is 11.3 Å². The average Bonchev–Trinajstić information content (AvgIpc) is 2.13. The molecule has 0 aliphatic rings. The average molecular weight is 183 g/mol. The van der Waals surface area contributed by atoms with Crippen molar-refractivity contribution in [3.63, 3.8) is 0 Å². The van der Waals surface area contributed by atoms with Crippen molar-refractivity contribution in [2.75, 3.05) is 20.8 Å². The lowest BCUT2D eigenvalue weighted by molar-refractivity contribution is 0.207. The standard InChI is InChI=1S/C11H21NO/c1-6-10(3)8-12(4)11(7-2)9-13-5/h7-8H,6,9H2,1-5H3/b10-8-,11-7-. The lowest BCUT2D eigenvalue weighted by Crippen LogP contribution is -2.14. The summed E-state index contributed by atoms with van der Waals surface area (Å²) in [5.41, 5.74) is 2.56. The zero-order chi connectivity index (χ0) is 10.3. The lowest BCUT2D eigenvalue weighted by atomic mass is 10.2. The predicted molar refractivity (Wildman–Crippen MR) is 57.4 cm³/mol. The van der Waals surface area contributed by atoms with E-state index in [9.17, 15) is 0 Å². The molecule has 0 aliphatic heterocycles. The Morgan fingerprint density at radius 3 is 2.46 bits per heavy atom. The highest BCUT2D eigenvalue weighted by Gasteiger charge is 1.99. The molecular weight excluding hydrogens is 162 g/mol. The summed E-state index contributed by atoms with van der Waals surface area (Å²) < 4.78 is 5.09. The fourth-order valence-corrected chi connectivity index (χ4v) is 1.04. The molecule has 0 unspecified atom stereocenters. The van der Waals surface area contributed by atoms with Gasteiger partial charge in [-0.25, -0.2) is 0 Å². The summed E-state index contributed by atoms with van der Waals surface area (Å²) in [6.45, 7) is 6.99. The van der Waals surface area contributed by atoms with Crippen LogP contribution in [-0.2, 0) is 4.74 Å². The molecule has 0 N–H and O–H groups in total. The topological polar surface area (TPSA) is 12.5 Å². The molecule has 0 amide bonds. The Kier molecular flexibility index (Phi) is 6.33. The van der Waals surface area contributed by atoms with Gasteiger partial charge in [0.25, 0.3) is 0 Å². The molecule has 2 nitrogen and oxygen atoms in total. The first-order chi connectivity index (χ1) is 6.15. The van der Waals surface area contributed by atoms with Gasteiger partial charge in [-0.2, -0.15) is 0 Å². The second-order valence-corrected chi connectivity index (χ2v) is 3.15. The van der Waals surface area contributed by atoms with Crippen molar-refractivity contribution in [2.24, 2.45) is 0 Å². The third kappa shape index (κ3) is 4.73. The monoisotopic (exact) mass is 183 g/mol. The number of rotatable bonds is 5. The molecule has 0 radical (unpaired) electrons. The van der Waals surface area contributed by atoms with Gasteiger partial charge in [0.1, 0.15) is 0 Å². The first kappa shape index (κ1) is 12.2. The molecule has 0 heterocycles. The van der Waals surface area contributed by atoms with Gasteiger partial charge < -0.3 is 9.64 Å². The van der Waals surface area contributed by atoms with E-state index in [2.05, 4.69) is 31.0 Å². The van der Waals surface area contributed by atoms with Gasteiger partial charge in [-0.05, 0) is 20.3 Å². The summed E-state index contributed by atoms with van der Waals surface area (Å²) in [5, 5.41) is 0. The van der Waals surface area contributed by atoms with Crippen molar-refractivity contribution >= 4 is 0 Å². The molecular formula is C11H21NO. The molecule has 0 aromatic rings. The van der Waals surface area contributed by atoms with Crippen LogP contribution < -0.4 is 0 Å². The first-order valence-corrected chi connectivity index (χ1v) is 4.69. The summed E-state index contributed by atoms with van der Waals surface area (Å²) >= 11 is 0. The van der Waals surface area contributed by atoms with Crippen molar-refractivity contribution in [1.82, 2.24) is 4.90 Å². The lowest BCUT2D eigenvalue weighted by Gasteiger charge is -2.18. The van der Waals surface area contributed by atoms with Crippen LogP contribution in [0.5, 0.6) is 0 Å². The number of nitrogens with zero attached hydrogens (tertiary/aromatic N) is 1. The molecule has 0 spiro atoms. The van der Waals surface area contributed by atoms with Gasteiger partial charge in [-0.1, -0.05) is 18.6 Å². The van der Waals surface area contributed by atoms with Crippen molar-refractivity contribution in [2.45, 2.75) is 27.2 Å². The van der Waals surface area contributed by atoms with Gasteiger partial charge in [-0.3, -0.25) is 0 Å². The molecule has 2 heteroatoms. The second-order valence-electron chi connectivity index (χ2n) is 3.15. The third-order valence-electron chi connectivity index (χ3n) is 2.05. The molecule has 0 aromatic heterocycles. The largest absolute Gasteiger partial charge is 0.378 e. The maximum Gasteiger partial charge on any atom is 0.0860 e. The molecule has 0 aliphatic carbocycles. The van der Waals surface area contributed by atoms with E-state index in [4.69, 9.17) is 4.74 Å². The van der Waals surface area contributed by atoms with Gasteiger partial charge >= 0.3 is 0 Å². The maximum absolute atomic E-state index is 5.09. The molecule has 0 fully saturated rings. The van der Waals surface area contributed by atoms with E-state index >= 15 is 0 Å². The fourth-order valence-electron chi connectivity index (χ4n) is 1.04. The Bertz CT molecular complexity index is 194. The minimum atomic E-state index is 0.667. The van der Waals surface area contributed by atoms with Crippen LogP contribution in [0.15, 0.2) is 23.5 Å². The highest BCUT2D eigenvalue weighted by Crippen LogP contribution is 2.07. The summed E-state index contributed by atoms with van der Waals surface area (Å²) in [4.78, 5) is 2.11. The number of hydrogen-bond donors (Lipinski definition) is 0. The number of methoxy groups -OCH3 is 1. The summed E-state index contributed by atoms with van der Waals surface area (Å²) in [7, 11) is 3.77. The number of hydrogen-bond acceptors (Lipinski definition) is 2. The van der Waals surface area contributed by atoms with Crippen LogP contribution in [-0.4, -0.2) is 25.7 Å². The normalized spacial score (nSPS) is 13.3. The maximum atomic E-state index is 5.09. The second kappa shape index (κ2) is 6.72.